The van der Waals surface area contributed by atoms with Crippen LogP contribution in [0, 0.1) is 0 Å². The maximum absolute atomic E-state index is 12.6. The van der Waals surface area contributed by atoms with Gasteiger partial charge in [0.15, 0.2) is 45.9 Å². The fraction of sp³-hybridized carbons (Fsp3) is 0.407. The van der Waals surface area contributed by atoms with Crippen molar-refractivity contribution in [3.63, 3.8) is 0 Å². The van der Waals surface area contributed by atoms with Gasteiger partial charge in [-0.15, -0.1) is 0 Å². The lowest BCUT2D eigenvalue weighted by atomic mass is 10.2. The smallest absolute Gasteiger partial charge is 0.328 e. The Morgan fingerprint density at radius 3 is 1.37 bits per heavy atom. The van der Waals surface area contributed by atoms with Crippen molar-refractivity contribution in [2.24, 2.45) is 0 Å². The average Bonchev–Trinajstić information content (AvgIpc) is 1.66. The first-order chi connectivity index (χ1) is 45.8. The topological polar surface area (TPSA) is 423 Å². The molecular weight excluding hydrogens is 1320 g/mol. The van der Waals surface area contributed by atoms with Crippen molar-refractivity contribution < 1.29 is 0 Å². The highest BCUT2D eigenvalue weighted by atomic mass is 35.5. The summed E-state index contributed by atoms with van der Waals surface area (Å²) in [6, 6.07) is 5.29. The van der Waals surface area contributed by atoms with Gasteiger partial charge >= 0.3 is 11.4 Å². The number of H-pyrrole nitrogens is 3. The molecule has 1 aliphatic rings. The fourth-order valence-corrected chi connectivity index (χ4v) is 10.5. The van der Waals surface area contributed by atoms with Gasteiger partial charge in [0.25, 0.3) is 0 Å². The van der Waals surface area contributed by atoms with Crippen molar-refractivity contribution in [2.75, 3.05) is 109 Å². The first kappa shape index (κ1) is 70.2. The normalized spacial score (nSPS) is 12.3. The van der Waals surface area contributed by atoms with Gasteiger partial charge < -0.3 is 73.5 Å². The van der Waals surface area contributed by atoms with Gasteiger partial charge in [0.1, 0.15) is 38.2 Å². The summed E-state index contributed by atoms with van der Waals surface area (Å²) in [6.45, 7) is 16.3. The van der Waals surface area contributed by atoms with Crippen molar-refractivity contribution in [3.8, 4) is 0 Å². The monoisotopic (exact) mass is 1400 g/mol. The molecule has 11 aromatic rings. The predicted octanol–water partition coefficient (Wildman–Crippen LogP) is 8.94. The van der Waals surface area contributed by atoms with E-state index >= 15 is 0 Å². The molecule has 15 N–H and O–H groups in total. The summed E-state index contributed by atoms with van der Waals surface area (Å²) in [7, 11) is 2.11. The molecule has 0 aliphatic carbocycles. The molecule has 11 aromatic heterocycles. The number of hydrogen-bond acceptors (Lipinski definition) is 25. The number of nitrogens with two attached hydrogens (primary N) is 4. The number of nitrogens with zero attached hydrogens (tertiary/aromatic N) is 18. The third kappa shape index (κ3) is 18.2. The van der Waals surface area contributed by atoms with E-state index < -0.39 is 0 Å². The molecule has 0 atom stereocenters. The Kier molecular flexibility index (Phi) is 24.6. The van der Waals surface area contributed by atoms with Crippen LogP contribution in [0.5, 0.6) is 0 Å². The second-order valence-electron chi connectivity index (χ2n) is 22.1. The van der Waals surface area contributed by atoms with E-state index in [9.17, 15) is 9.59 Å². The number of unbranched alkanes of at least 4 members (excludes halogenated alkanes) is 4. The Labute approximate surface area is 570 Å². The number of rotatable bonds is 23. The van der Waals surface area contributed by atoms with Crippen molar-refractivity contribution in [1.29, 1.82) is 0 Å². The lowest BCUT2D eigenvalue weighted by Gasteiger charge is -2.33. The second kappa shape index (κ2) is 33.3. The zero-order chi connectivity index (χ0) is 67.7. The number of anilines is 9. The summed E-state index contributed by atoms with van der Waals surface area (Å²) >= 11 is 30.2. The van der Waals surface area contributed by atoms with Crippen LogP contribution in [-0.4, -0.2) is 158 Å². The number of likely N-dealkylation sites (N-methyl/N-ethyl adjacent to an activating group) is 1. The lowest BCUT2D eigenvalue weighted by Crippen LogP contribution is -2.44. The van der Waals surface area contributed by atoms with Crippen LogP contribution >= 0.6 is 58.0 Å². The van der Waals surface area contributed by atoms with Gasteiger partial charge in [0.05, 0.1) is 47.4 Å². The number of hydrogen-bond donors (Lipinski definition) is 11. The number of nitrogens with one attached hydrogen (secondary N) is 7. The Bertz CT molecular complexity index is 4500. The van der Waals surface area contributed by atoms with E-state index in [2.05, 4.69) is 146 Å². The first-order valence-corrected chi connectivity index (χ1v) is 32.8. The van der Waals surface area contributed by atoms with Gasteiger partial charge in [0, 0.05) is 70.9 Å². The van der Waals surface area contributed by atoms with Crippen LogP contribution < -0.4 is 60.5 Å². The van der Waals surface area contributed by atoms with E-state index in [0.717, 1.165) is 126 Å². The van der Waals surface area contributed by atoms with Crippen molar-refractivity contribution >= 4 is 156 Å². The van der Waals surface area contributed by atoms with Gasteiger partial charge in [-0.05, 0) is 67.6 Å². The molecule has 0 spiro atoms. The number of nitrogen functional groups attached to an aromatic ring is 4. The van der Waals surface area contributed by atoms with Gasteiger partial charge in [0.2, 0.25) is 23.8 Å². The molecule has 1 saturated heterocycles. The fourth-order valence-electron chi connectivity index (χ4n) is 9.62. The summed E-state index contributed by atoms with van der Waals surface area (Å²) in [5.74, 6) is 3.85. The van der Waals surface area contributed by atoms with Crippen molar-refractivity contribution in [2.45, 2.75) is 98.7 Å². The van der Waals surface area contributed by atoms with Crippen LogP contribution in [0.15, 0.2) is 59.0 Å². The summed E-state index contributed by atoms with van der Waals surface area (Å²) in [5, 5.41) is 14.4. The summed E-state index contributed by atoms with van der Waals surface area (Å²) in [4.78, 5) is 93.1. The molecule has 0 amide bonds. The van der Waals surface area contributed by atoms with Crippen LogP contribution in [0.1, 0.15) is 95.8 Å². The minimum absolute atomic E-state index is 0.214. The largest absolute Gasteiger partial charge is 0.382 e. The van der Waals surface area contributed by atoms with Crippen LogP contribution in [0.2, 0.25) is 25.4 Å². The Hall–Kier alpha value is -9.14. The lowest BCUT2D eigenvalue weighted by molar-refractivity contribution is 0.312. The Balaban J connectivity index is 0.000000153. The van der Waals surface area contributed by atoms with Crippen LogP contribution in [0.4, 0.5) is 52.9 Å². The number of aromatic nitrogens is 19. The summed E-state index contributed by atoms with van der Waals surface area (Å²) in [5.41, 5.74) is 29.7. The first-order valence-electron chi connectivity index (χ1n) is 30.9. The zero-order valence-electron chi connectivity index (χ0n) is 53.1. The molecule has 1 aliphatic heterocycles. The minimum atomic E-state index is -0.340. The SMILES string of the molecule is CCCCNc1nc(N)c2[nH]c(=O)n(Cc3cnc(Cl)c(Cl)c3)c2n1.CCCCNc1nc(N)c2[nH]c(=O)n(Cc3cnc(N4CCN(C)CC4)c(Cl)c3)c2n1.CCCCNc1nc(N)c2[nH]cnc2n1.CCCCNc1nc(N)c2ncn(Cc3cnc(Cl)c(Cl)c3)c2n1. The third-order valence-corrected chi connectivity index (χ3v) is 16.4. The summed E-state index contributed by atoms with van der Waals surface area (Å²) < 4.78 is 4.86. The molecule has 12 rings (SSSR count). The maximum atomic E-state index is 12.6. The number of fused-ring (bicyclic) bond motifs is 4. The number of halogens is 5. The minimum Gasteiger partial charge on any atom is -0.382 e. The average molecular weight is 1400 g/mol. The van der Waals surface area contributed by atoms with E-state index in [-0.39, 0.29) is 46.4 Å². The zero-order valence-corrected chi connectivity index (χ0v) is 56.9. The highest BCUT2D eigenvalue weighted by Crippen LogP contribution is 2.28. The molecule has 1 fully saturated rings. The van der Waals surface area contributed by atoms with Gasteiger partial charge in [-0.2, -0.15) is 39.9 Å². The number of piperazine rings is 1. The van der Waals surface area contributed by atoms with E-state index in [1.807, 2.05) is 10.6 Å². The van der Waals surface area contributed by atoms with Gasteiger partial charge in [-0.3, -0.25) is 9.13 Å². The van der Waals surface area contributed by atoms with Gasteiger partial charge in [-0.1, -0.05) is 111 Å². The van der Waals surface area contributed by atoms with Crippen LogP contribution in [0.25, 0.3) is 44.7 Å². The Morgan fingerprint density at radius 2 is 0.905 bits per heavy atom. The second-order valence-corrected chi connectivity index (χ2v) is 24.0. The molecule has 36 heteroatoms. The molecule has 0 unspecified atom stereocenters. The molecule has 504 valence electrons. The molecule has 0 aromatic carbocycles. The van der Waals surface area contributed by atoms with Crippen LogP contribution in [-0.2, 0) is 19.6 Å². The summed E-state index contributed by atoms with van der Waals surface area (Å²) in [6.07, 6.45) is 16.6. The molecule has 0 radical (unpaired) electrons. The van der Waals surface area contributed by atoms with E-state index in [1.54, 1.807) is 43.4 Å². The maximum Gasteiger partial charge on any atom is 0.328 e. The molecule has 95 heavy (non-hydrogen) atoms. The highest BCUT2D eigenvalue weighted by molar-refractivity contribution is 6.41. The number of pyridine rings is 3. The molecule has 0 bridgehead atoms. The van der Waals surface area contributed by atoms with Crippen LogP contribution in [0.3, 0.4) is 0 Å². The number of imidazole rings is 4. The van der Waals surface area contributed by atoms with Crippen molar-refractivity contribution in [3.05, 3.63) is 112 Å². The number of aromatic amines is 3. The molecule has 12 heterocycles. The molecule has 31 nitrogen and oxygen atoms in total. The van der Waals surface area contributed by atoms with Crippen molar-refractivity contribution in [1.82, 2.24) is 98.3 Å². The quantitative estimate of drug-likeness (QED) is 0.0210. The van der Waals surface area contributed by atoms with E-state index in [0.29, 0.717) is 102 Å². The molecular formula is C59H76Cl5N29O2. The van der Waals surface area contributed by atoms with E-state index in [1.165, 1.54) is 9.13 Å². The standard InChI is InChI=1S/C20H28ClN9O.C15H17Cl2N7O.C15H17Cl2N7.C9H14N6/c1-3-4-5-23-19-26-16(22)15-18(27-19)30(20(31)25-15)12-13-10-14(21)17(24-11-13)29-8-6-28(2)7-9-29;1-2-3-4-19-14-22-12(18)10-13(23-14)24(15(25)21-10)7-8-5-9(16)11(17)20-6-8;1-2-3-4-19-15-22-13(18)11-14(23-15)24(8-21-11)7-9-5-10(16)12(17)20-6-9;1-2-3-4-11-9-14-7(10)6-8(15-9)13-5-12-6/h10-11H,3-9,12H2,1-2H3,(H,25,31)(H3,22,23,26,27);5-6H,2-4,7H2,1H3,(H,21,25)(H3,18,19,22,23);5-6,8H,2-4,7H2,1H3,(H3,18,19,22,23);5H,2-4H2,1H3,(H4,10,11,12,13,14,15). The molecule has 0 saturated carbocycles. The van der Waals surface area contributed by atoms with E-state index in [4.69, 9.17) is 80.9 Å². The predicted molar refractivity (Wildman–Crippen MR) is 379 cm³/mol. The van der Waals surface area contributed by atoms with Gasteiger partial charge in [-0.25, -0.2) is 34.5 Å². The Morgan fingerprint density at radius 1 is 0.484 bits per heavy atom. The highest BCUT2D eigenvalue weighted by Gasteiger charge is 2.21. The third-order valence-electron chi connectivity index (χ3n) is 14.8.